The number of aromatic nitrogens is 1. The van der Waals surface area contributed by atoms with Crippen LogP contribution in [-0.2, 0) is 0 Å². The summed E-state index contributed by atoms with van der Waals surface area (Å²) in [4.78, 5) is 17.1. The van der Waals surface area contributed by atoms with E-state index in [2.05, 4.69) is 4.98 Å². The zero-order valence-electron chi connectivity index (χ0n) is 10.3. The summed E-state index contributed by atoms with van der Waals surface area (Å²) in [6.07, 6.45) is 2.68. The van der Waals surface area contributed by atoms with E-state index in [0.717, 1.165) is 0 Å². The molecule has 98 valence electrons. The Bertz CT molecular complexity index is 464. The second-order valence-electron chi connectivity index (χ2n) is 4.88. The van der Waals surface area contributed by atoms with Gasteiger partial charge in [0.2, 0.25) is 0 Å². The molecule has 1 fully saturated rings. The Labute approximate surface area is 105 Å². The Morgan fingerprint density at radius 2 is 2.11 bits per heavy atom. The van der Waals surface area contributed by atoms with Crippen molar-refractivity contribution in [1.82, 2.24) is 4.98 Å². The van der Waals surface area contributed by atoms with Crippen LogP contribution in [0.3, 0.4) is 0 Å². The van der Waals surface area contributed by atoms with Gasteiger partial charge in [-0.1, -0.05) is 0 Å². The Kier molecular flexibility index (Phi) is 3.13. The van der Waals surface area contributed by atoms with Crippen LogP contribution in [0.4, 0.5) is 11.5 Å². The van der Waals surface area contributed by atoms with Gasteiger partial charge in [-0.2, -0.15) is 0 Å². The normalized spacial score (nSPS) is 18.7. The number of nitrogens with two attached hydrogens (primary N) is 1. The summed E-state index contributed by atoms with van der Waals surface area (Å²) >= 11 is 0. The number of nitrogens with zero attached hydrogens (tertiary/aromatic N) is 2. The number of rotatable bonds is 2. The van der Waals surface area contributed by atoms with Crippen molar-refractivity contribution < 1.29 is 15.0 Å². The van der Waals surface area contributed by atoms with Crippen LogP contribution in [0, 0.1) is 0 Å². The number of piperidine rings is 1. The maximum Gasteiger partial charge on any atom is 0.337 e. The molecule has 0 aromatic carbocycles. The number of carbonyl (C=O) groups is 1. The van der Waals surface area contributed by atoms with Crippen molar-refractivity contribution in [2.75, 3.05) is 23.7 Å². The minimum Gasteiger partial charge on any atom is -0.478 e. The van der Waals surface area contributed by atoms with Crippen LogP contribution in [-0.4, -0.2) is 39.9 Å². The lowest BCUT2D eigenvalue weighted by atomic mass is 9.94. The highest BCUT2D eigenvalue weighted by Gasteiger charge is 2.29. The molecule has 1 aliphatic rings. The first-order valence-corrected chi connectivity index (χ1v) is 5.86. The highest BCUT2D eigenvalue weighted by molar-refractivity contribution is 5.96. The van der Waals surface area contributed by atoms with Gasteiger partial charge in [0.1, 0.15) is 0 Å². The van der Waals surface area contributed by atoms with Crippen LogP contribution in [0.25, 0.3) is 0 Å². The lowest BCUT2D eigenvalue weighted by Crippen LogP contribution is -2.43. The first-order chi connectivity index (χ1) is 8.41. The summed E-state index contributed by atoms with van der Waals surface area (Å²) in [6.45, 7) is 3.04. The average Bonchev–Trinajstić information content (AvgIpc) is 2.29. The lowest BCUT2D eigenvalue weighted by Gasteiger charge is -2.36. The molecule has 0 spiro atoms. The van der Waals surface area contributed by atoms with Gasteiger partial charge < -0.3 is 20.8 Å². The van der Waals surface area contributed by atoms with Crippen molar-refractivity contribution in [3.05, 3.63) is 17.8 Å². The minimum absolute atomic E-state index is 0.0670. The highest BCUT2D eigenvalue weighted by Crippen LogP contribution is 2.29. The zero-order valence-corrected chi connectivity index (χ0v) is 10.3. The van der Waals surface area contributed by atoms with Gasteiger partial charge in [-0.3, -0.25) is 0 Å². The molecule has 1 saturated heterocycles. The fourth-order valence-corrected chi connectivity index (χ4v) is 2.10. The molecule has 1 aromatic heterocycles. The summed E-state index contributed by atoms with van der Waals surface area (Å²) < 4.78 is 0. The molecule has 0 saturated carbocycles. The van der Waals surface area contributed by atoms with Gasteiger partial charge in [-0.25, -0.2) is 9.78 Å². The molecule has 0 amide bonds. The van der Waals surface area contributed by atoms with Gasteiger partial charge in [-0.15, -0.1) is 0 Å². The third-order valence-corrected chi connectivity index (χ3v) is 3.34. The maximum atomic E-state index is 11.0. The summed E-state index contributed by atoms with van der Waals surface area (Å²) in [5.41, 5.74) is 5.43. The van der Waals surface area contributed by atoms with Crippen LogP contribution in [0.1, 0.15) is 30.1 Å². The molecule has 2 rings (SSSR count). The average molecular weight is 251 g/mol. The minimum atomic E-state index is -1.06. The van der Waals surface area contributed by atoms with Crippen LogP contribution < -0.4 is 10.6 Å². The van der Waals surface area contributed by atoms with Gasteiger partial charge in [0, 0.05) is 19.3 Å². The molecule has 2 heterocycles. The van der Waals surface area contributed by atoms with Gasteiger partial charge >= 0.3 is 5.97 Å². The van der Waals surface area contributed by atoms with E-state index < -0.39 is 11.6 Å². The number of hydrogen-bond donors (Lipinski definition) is 3. The van der Waals surface area contributed by atoms with E-state index in [1.807, 2.05) is 4.90 Å². The summed E-state index contributed by atoms with van der Waals surface area (Å²) in [6, 6.07) is 1.39. The smallest absolute Gasteiger partial charge is 0.337 e. The number of anilines is 2. The number of aromatic carboxylic acids is 1. The molecule has 0 bridgehead atoms. The number of pyridine rings is 1. The number of aliphatic hydroxyl groups is 1. The van der Waals surface area contributed by atoms with Gasteiger partial charge in [0.25, 0.3) is 0 Å². The highest BCUT2D eigenvalue weighted by atomic mass is 16.4. The predicted molar refractivity (Wildman–Crippen MR) is 67.7 cm³/mol. The molecule has 0 aliphatic carbocycles. The quantitative estimate of drug-likeness (QED) is 0.716. The number of carboxylic acids is 1. The molecule has 4 N–H and O–H groups in total. The SMILES string of the molecule is CC1(O)CCN(c2nccc(C(=O)O)c2N)CC1. The second-order valence-corrected chi connectivity index (χ2v) is 4.88. The topological polar surface area (TPSA) is 99.7 Å². The maximum absolute atomic E-state index is 11.0. The first kappa shape index (κ1) is 12.6. The number of nitrogen functional groups attached to an aromatic ring is 1. The van der Waals surface area contributed by atoms with Crippen molar-refractivity contribution in [3.63, 3.8) is 0 Å². The summed E-state index contributed by atoms with van der Waals surface area (Å²) in [5.74, 6) is -0.564. The summed E-state index contributed by atoms with van der Waals surface area (Å²) in [5, 5.41) is 18.9. The monoisotopic (exact) mass is 251 g/mol. The Hall–Kier alpha value is -1.82. The molecular weight excluding hydrogens is 234 g/mol. The summed E-state index contributed by atoms with van der Waals surface area (Å²) in [7, 11) is 0. The predicted octanol–water partition coefficient (Wildman–Crippen LogP) is 0.713. The molecule has 0 radical (unpaired) electrons. The van der Waals surface area contributed by atoms with Crippen molar-refractivity contribution in [3.8, 4) is 0 Å². The molecule has 1 aromatic rings. The van der Waals surface area contributed by atoms with Crippen LogP contribution >= 0.6 is 0 Å². The van der Waals surface area contributed by atoms with Gasteiger partial charge in [0.15, 0.2) is 5.82 Å². The van der Waals surface area contributed by atoms with Crippen molar-refractivity contribution in [1.29, 1.82) is 0 Å². The van der Waals surface area contributed by atoms with Crippen LogP contribution in [0.2, 0.25) is 0 Å². The van der Waals surface area contributed by atoms with E-state index in [1.165, 1.54) is 12.3 Å². The molecule has 18 heavy (non-hydrogen) atoms. The van der Waals surface area contributed by atoms with E-state index in [0.29, 0.717) is 31.7 Å². The fraction of sp³-hybridized carbons (Fsp3) is 0.500. The van der Waals surface area contributed by atoms with Crippen molar-refractivity contribution in [2.24, 2.45) is 0 Å². The van der Waals surface area contributed by atoms with Gasteiger partial charge in [-0.05, 0) is 25.8 Å². The van der Waals surface area contributed by atoms with E-state index in [-0.39, 0.29) is 11.3 Å². The molecule has 1 aliphatic heterocycles. The lowest BCUT2D eigenvalue weighted by molar-refractivity contribution is 0.0350. The molecule has 6 heteroatoms. The third-order valence-electron chi connectivity index (χ3n) is 3.34. The second kappa shape index (κ2) is 4.45. The van der Waals surface area contributed by atoms with Crippen molar-refractivity contribution >= 4 is 17.5 Å². The van der Waals surface area contributed by atoms with Crippen LogP contribution in [0.5, 0.6) is 0 Å². The molecule has 6 nitrogen and oxygen atoms in total. The van der Waals surface area contributed by atoms with E-state index >= 15 is 0 Å². The van der Waals surface area contributed by atoms with Gasteiger partial charge in [0.05, 0.1) is 16.9 Å². The molecule has 0 unspecified atom stereocenters. The Morgan fingerprint density at radius 3 is 2.67 bits per heavy atom. The molecule has 0 atom stereocenters. The van der Waals surface area contributed by atoms with E-state index in [1.54, 1.807) is 6.92 Å². The molecular formula is C12H17N3O3. The van der Waals surface area contributed by atoms with Crippen LogP contribution in [0.15, 0.2) is 12.3 Å². The Morgan fingerprint density at radius 1 is 1.50 bits per heavy atom. The van der Waals surface area contributed by atoms with E-state index in [9.17, 15) is 9.90 Å². The zero-order chi connectivity index (χ0) is 13.3. The van der Waals surface area contributed by atoms with E-state index in [4.69, 9.17) is 10.8 Å². The third kappa shape index (κ3) is 2.38. The fourth-order valence-electron chi connectivity index (χ4n) is 2.10. The number of hydrogen-bond acceptors (Lipinski definition) is 5. The largest absolute Gasteiger partial charge is 0.478 e. The number of carboxylic acid groups (broad SMARTS) is 1. The first-order valence-electron chi connectivity index (χ1n) is 5.86. The Balaban J connectivity index is 2.25. The standard InChI is InChI=1S/C12H17N3O3/c1-12(18)3-6-15(7-4-12)10-9(13)8(11(16)17)2-5-14-10/h2,5,18H,3-4,6-7,13H2,1H3,(H,16,17). The van der Waals surface area contributed by atoms with Crippen molar-refractivity contribution in [2.45, 2.75) is 25.4 Å².